The molecule has 0 bridgehead atoms. The van der Waals surface area contributed by atoms with E-state index in [1.54, 1.807) is 0 Å². The first kappa shape index (κ1) is 12.7. The molecular weight excluding hydrogens is 239 g/mol. The molecule has 100 valence electrons. The molecule has 2 fully saturated rings. The summed E-state index contributed by atoms with van der Waals surface area (Å²) in [4.78, 5) is 0. The Morgan fingerprint density at radius 2 is 1.39 bits per heavy atom. The van der Waals surface area contributed by atoms with E-state index in [2.05, 4.69) is 12.1 Å². The molecular formula is C16H25OP. The lowest BCUT2D eigenvalue weighted by Crippen LogP contribution is -2.25. The van der Waals surface area contributed by atoms with Crippen LogP contribution in [0.5, 0.6) is 0 Å². The zero-order valence-corrected chi connectivity index (χ0v) is 12.2. The number of hydrogen-bond donors (Lipinski definition) is 0. The third kappa shape index (κ3) is 2.82. The Labute approximate surface area is 112 Å². The highest BCUT2D eigenvalue weighted by atomic mass is 31.1. The molecule has 1 nitrogen and oxygen atoms in total. The van der Waals surface area contributed by atoms with Gasteiger partial charge in [-0.2, -0.15) is 0 Å². The van der Waals surface area contributed by atoms with Crippen LogP contribution in [0.15, 0.2) is 22.8 Å². The standard InChI is InChI=1S/C16H25OP/c1-3-8-14(9-4-1)18(16-12-7-13-17-16)15-10-5-2-6-11-15/h7,12-15H,1-6,8-11H2. The van der Waals surface area contributed by atoms with Crippen LogP contribution in [-0.2, 0) is 0 Å². The summed E-state index contributed by atoms with van der Waals surface area (Å²) in [5, 5.41) is 0. The lowest BCUT2D eigenvalue weighted by atomic mass is 9.99. The van der Waals surface area contributed by atoms with E-state index in [9.17, 15) is 0 Å². The average molecular weight is 264 g/mol. The Kier molecular flexibility index (Phi) is 4.41. The van der Waals surface area contributed by atoms with Crippen molar-refractivity contribution in [2.24, 2.45) is 0 Å². The van der Waals surface area contributed by atoms with Crippen molar-refractivity contribution < 1.29 is 4.42 Å². The molecule has 0 saturated heterocycles. The van der Waals surface area contributed by atoms with Gasteiger partial charge in [-0.15, -0.1) is 0 Å². The van der Waals surface area contributed by atoms with Gasteiger partial charge in [-0.3, -0.25) is 0 Å². The molecule has 1 heterocycles. The second-order valence-corrected chi connectivity index (χ2v) is 8.66. The van der Waals surface area contributed by atoms with Gasteiger partial charge in [0.15, 0.2) is 0 Å². The van der Waals surface area contributed by atoms with Crippen molar-refractivity contribution >= 4 is 13.4 Å². The lowest BCUT2D eigenvalue weighted by Gasteiger charge is -2.36. The Morgan fingerprint density at radius 1 is 0.833 bits per heavy atom. The smallest absolute Gasteiger partial charge is 0.125 e. The topological polar surface area (TPSA) is 13.1 Å². The highest BCUT2D eigenvalue weighted by Gasteiger charge is 2.33. The van der Waals surface area contributed by atoms with Crippen LogP contribution in [0.2, 0.25) is 0 Å². The van der Waals surface area contributed by atoms with Crippen LogP contribution >= 0.6 is 7.92 Å². The van der Waals surface area contributed by atoms with E-state index in [-0.39, 0.29) is 7.92 Å². The largest absolute Gasteiger partial charge is 0.465 e. The fourth-order valence-corrected chi connectivity index (χ4v) is 7.39. The van der Waals surface area contributed by atoms with Crippen molar-refractivity contribution in [3.05, 3.63) is 18.4 Å². The Hall–Kier alpha value is -0.290. The minimum absolute atomic E-state index is 0.0217. The van der Waals surface area contributed by atoms with Crippen LogP contribution < -0.4 is 5.50 Å². The predicted octanol–water partition coefficient (Wildman–Crippen LogP) is 5.05. The summed E-state index contributed by atoms with van der Waals surface area (Å²) in [5.41, 5.74) is 3.27. The fraction of sp³-hybridized carbons (Fsp3) is 0.750. The summed E-state index contributed by atoms with van der Waals surface area (Å²) in [6.45, 7) is 0. The van der Waals surface area contributed by atoms with Gasteiger partial charge >= 0.3 is 0 Å². The van der Waals surface area contributed by atoms with Crippen LogP contribution in [0.25, 0.3) is 0 Å². The summed E-state index contributed by atoms with van der Waals surface area (Å²) < 4.78 is 5.83. The zero-order valence-electron chi connectivity index (χ0n) is 11.3. The van der Waals surface area contributed by atoms with E-state index >= 15 is 0 Å². The maximum atomic E-state index is 5.83. The molecule has 0 unspecified atom stereocenters. The van der Waals surface area contributed by atoms with E-state index in [1.807, 2.05) is 6.26 Å². The van der Waals surface area contributed by atoms with Crippen LogP contribution in [-0.4, -0.2) is 11.3 Å². The van der Waals surface area contributed by atoms with Gasteiger partial charge in [0.2, 0.25) is 0 Å². The van der Waals surface area contributed by atoms with Gasteiger partial charge in [-0.1, -0.05) is 38.5 Å². The van der Waals surface area contributed by atoms with E-state index in [1.165, 1.54) is 69.7 Å². The van der Waals surface area contributed by atoms with Gasteiger partial charge in [-0.05, 0) is 57.1 Å². The third-order valence-corrected chi connectivity index (χ3v) is 8.07. The quantitative estimate of drug-likeness (QED) is 0.696. The van der Waals surface area contributed by atoms with Crippen molar-refractivity contribution in [2.45, 2.75) is 75.5 Å². The second kappa shape index (κ2) is 6.24. The summed E-state index contributed by atoms with van der Waals surface area (Å²) in [7, 11) is -0.0217. The molecule has 3 rings (SSSR count). The number of hydrogen-bond acceptors (Lipinski definition) is 1. The number of furan rings is 1. The van der Waals surface area contributed by atoms with Crippen molar-refractivity contribution in [1.82, 2.24) is 0 Å². The highest BCUT2D eigenvalue weighted by Crippen LogP contribution is 2.54. The first-order chi connectivity index (χ1) is 8.95. The van der Waals surface area contributed by atoms with Crippen LogP contribution in [0.3, 0.4) is 0 Å². The van der Waals surface area contributed by atoms with E-state index in [0.717, 1.165) is 11.3 Å². The van der Waals surface area contributed by atoms with Gasteiger partial charge in [0.05, 0.1) is 6.26 Å². The molecule has 2 heteroatoms. The maximum Gasteiger partial charge on any atom is 0.125 e. The van der Waals surface area contributed by atoms with Gasteiger partial charge in [0, 0.05) is 0 Å². The molecule has 18 heavy (non-hydrogen) atoms. The van der Waals surface area contributed by atoms with Crippen LogP contribution in [0.4, 0.5) is 0 Å². The molecule has 0 radical (unpaired) electrons. The maximum absolute atomic E-state index is 5.83. The SMILES string of the molecule is c1coc(P(C2CCCCC2)C2CCCCC2)c1. The van der Waals surface area contributed by atoms with Gasteiger partial charge in [0.25, 0.3) is 0 Å². The molecule has 0 spiro atoms. The predicted molar refractivity (Wildman–Crippen MR) is 79.0 cm³/mol. The Bertz CT molecular complexity index is 316. The van der Waals surface area contributed by atoms with Crippen molar-refractivity contribution in [3.63, 3.8) is 0 Å². The molecule has 2 aliphatic carbocycles. The molecule has 0 N–H and O–H groups in total. The van der Waals surface area contributed by atoms with E-state index in [4.69, 9.17) is 4.42 Å². The van der Waals surface area contributed by atoms with Crippen molar-refractivity contribution in [3.8, 4) is 0 Å². The second-order valence-electron chi connectivity index (χ2n) is 5.94. The van der Waals surface area contributed by atoms with E-state index in [0.29, 0.717) is 0 Å². The summed E-state index contributed by atoms with van der Waals surface area (Å²) in [5.74, 6) is 0. The summed E-state index contributed by atoms with van der Waals surface area (Å²) in [6, 6.07) is 4.35. The van der Waals surface area contributed by atoms with Crippen LogP contribution in [0, 0.1) is 0 Å². The average Bonchev–Trinajstić information content (AvgIpc) is 2.95. The molecule has 2 aliphatic rings. The first-order valence-electron chi connectivity index (χ1n) is 7.77. The minimum atomic E-state index is -0.0217. The molecule has 1 aromatic heterocycles. The third-order valence-electron chi connectivity index (χ3n) is 4.70. The van der Waals surface area contributed by atoms with Crippen molar-refractivity contribution in [2.75, 3.05) is 0 Å². The summed E-state index contributed by atoms with van der Waals surface area (Å²) >= 11 is 0. The minimum Gasteiger partial charge on any atom is -0.465 e. The van der Waals surface area contributed by atoms with Gasteiger partial charge < -0.3 is 4.42 Å². The highest BCUT2D eigenvalue weighted by molar-refractivity contribution is 7.66. The molecule has 2 saturated carbocycles. The first-order valence-corrected chi connectivity index (χ1v) is 9.25. The fourth-order valence-electron chi connectivity index (χ4n) is 3.79. The number of rotatable bonds is 3. The molecule has 0 aliphatic heterocycles. The monoisotopic (exact) mass is 264 g/mol. The molecule has 0 amide bonds. The lowest BCUT2D eigenvalue weighted by molar-refractivity contribution is 0.483. The zero-order chi connectivity index (χ0) is 12.2. The van der Waals surface area contributed by atoms with Gasteiger partial charge in [0.1, 0.15) is 5.50 Å². The van der Waals surface area contributed by atoms with Crippen LogP contribution in [0.1, 0.15) is 64.2 Å². The van der Waals surface area contributed by atoms with Gasteiger partial charge in [-0.25, -0.2) is 0 Å². The van der Waals surface area contributed by atoms with E-state index < -0.39 is 0 Å². The summed E-state index contributed by atoms with van der Waals surface area (Å²) in [6.07, 6.45) is 16.5. The molecule has 0 aromatic carbocycles. The normalized spacial score (nSPS) is 23.6. The molecule has 1 aromatic rings. The Balaban J connectivity index is 1.78. The Morgan fingerprint density at radius 3 is 1.83 bits per heavy atom. The molecule has 0 atom stereocenters. The van der Waals surface area contributed by atoms with Crippen molar-refractivity contribution in [1.29, 1.82) is 0 Å².